The van der Waals surface area contributed by atoms with E-state index in [0.29, 0.717) is 30.4 Å². The predicted molar refractivity (Wildman–Crippen MR) is 146 cm³/mol. The Labute approximate surface area is 221 Å². The lowest BCUT2D eigenvalue weighted by Crippen LogP contribution is -2.49. The first kappa shape index (κ1) is 26.0. The van der Waals surface area contributed by atoms with Crippen molar-refractivity contribution in [2.45, 2.75) is 33.2 Å². The first-order valence-electron chi connectivity index (χ1n) is 12.2. The van der Waals surface area contributed by atoms with E-state index in [2.05, 4.69) is 16.8 Å². The van der Waals surface area contributed by atoms with E-state index >= 15 is 0 Å². The molecule has 0 unspecified atom stereocenters. The second kappa shape index (κ2) is 11.8. The van der Waals surface area contributed by atoms with E-state index in [1.165, 1.54) is 10.4 Å². The molecule has 0 fully saturated rings. The summed E-state index contributed by atoms with van der Waals surface area (Å²) in [6.45, 7) is 7.50. The molecule has 0 bridgehead atoms. The van der Waals surface area contributed by atoms with Gasteiger partial charge in [-0.05, 0) is 66.6 Å². The number of hydrogen-bond donors (Lipinski definition) is 1. The van der Waals surface area contributed by atoms with Crippen molar-refractivity contribution < 1.29 is 14.3 Å². The second-order valence-corrected chi connectivity index (χ2v) is 10.9. The highest BCUT2D eigenvalue weighted by Gasteiger charge is 2.33. The minimum atomic E-state index is -0.319. The van der Waals surface area contributed by atoms with Gasteiger partial charge in [-0.2, -0.15) is 0 Å². The van der Waals surface area contributed by atoms with Gasteiger partial charge in [-0.1, -0.05) is 49.2 Å². The molecule has 6 nitrogen and oxygen atoms in total. The zero-order valence-electron chi connectivity index (χ0n) is 20.9. The molecule has 2 aromatic carbocycles. The highest BCUT2D eigenvalue weighted by Crippen LogP contribution is 2.34. The number of carbonyl (C=O) groups is 2. The van der Waals surface area contributed by atoms with Crippen molar-refractivity contribution in [1.29, 1.82) is 0 Å². The minimum absolute atomic E-state index is 0.00885. The van der Waals surface area contributed by atoms with Crippen LogP contribution in [0, 0.1) is 12.8 Å². The van der Waals surface area contributed by atoms with Crippen LogP contribution in [0.5, 0.6) is 5.75 Å². The van der Waals surface area contributed by atoms with Gasteiger partial charge in [0.15, 0.2) is 0 Å². The molecular weight excluding hydrogens is 494 g/mol. The summed E-state index contributed by atoms with van der Waals surface area (Å²) < 4.78 is 6.12. The molecule has 3 aromatic rings. The van der Waals surface area contributed by atoms with Gasteiger partial charge in [0.05, 0.1) is 6.04 Å². The predicted octanol–water partition coefficient (Wildman–Crippen LogP) is 6.40. The number of nitrogens with zero attached hydrogens (tertiary/aromatic N) is 2. The summed E-state index contributed by atoms with van der Waals surface area (Å²) in [6, 6.07) is 16.5. The molecule has 1 aromatic heterocycles. The summed E-state index contributed by atoms with van der Waals surface area (Å²) in [5.41, 5.74) is 2.89. The summed E-state index contributed by atoms with van der Waals surface area (Å²) in [7, 11) is 0. The average Bonchev–Trinajstić information content (AvgIpc) is 3.32. The number of hydrogen-bond acceptors (Lipinski definition) is 4. The van der Waals surface area contributed by atoms with Crippen molar-refractivity contribution in [2.75, 3.05) is 31.6 Å². The molecule has 8 heteroatoms. The fourth-order valence-corrected chi connectivity index (χ4v) is 5.49. The number of amides is 3. The van der Waals surface area contributed by atoms with Crippen LogP contribution in [-0.4, -0.2) is 48.0 Å². The fraction of sp³-hybridized carbons (Fsp3) is 0.357. The number of aryl methyl sites for hydroxylation is 1. The third-order valence-electron chi connectivity index (χ3n) is 6.12. The standard InChI is InChI=1S/C28H32ClN3O3S/c1-19(2)16-31(28(34)30-22-6-4-5-21(29)15-22)17-27(33)32-13-11-26-24(12-14-36-26)25(32)18-35-23-9-7-20(3)8-10-23/h4-10,12,14-15,19,25H,11,13,16-18H2,1-3H3,(H,30,34)/t25-/m1/s1. The Morgan fingerprint density at radius 3 is 2.69 bits per heavy atom. The lowest BCUT2D eigenvalue weighted by Gasteiger charge is -2.37. The molecule has 3 amide bonds. The largest absolute Gasteiger partial charge is 0.491 e. The van der Waals surface area contributed by atoms with Gasteiger partial charge in [-0.25, -0.2) is 4.79 Å². The molecule has 2 heterocycles. The Morgan fingerprint density at radius 1 is 1.19 bits per heavy atom. The Hall–Kier alpha value is -3.03. The number of benzene rings is 2. The van der Waals surface area contributed by atoms with E-state index < -0.39 is 0 Å². The number of fused-ring (bicyclic) bond motifs is 1. The maximum atomic E-state index is 13.6. The molecule has 1 aliphatic heterocycles. The highest BCUT2D eigenvalue weighted by molar-refractivity contribution is 7.10. The van der Waals surface area contributed by atoms with Gasteiger partial charge in [-0.15, -0.1) is 11.3 Å². The Morgan fingerprint density at radius 2 is 1.97 bits per heavy atom. The molecule has 0 saturated carbocycles. The summed E-state index contributed by atoms with van der Waals surface area (Å²) in [5.74, 6) is 0.886. The molecule has 190 valence electrons. The number of carbonyl (C=O) groups excluding carboxylic acids is 2. The Balaban J connectivity index is 1.49. The molecule has 1 N–H and O–H groups in total. The van der Waals surface area contributed by atoms with E-state index in [4.69, 9.17) is 16.3 Å². The molecular formula is C28H32ClN3O3S. The molecule has 1 aliphatic rings. The molecule has 1 atom stereocenters. The van der Waals surface area contributed by atoms with Crippen molar-refractivity contribution in [2.24, 2.45) is 5.92 Å². The smallest absolute Gasteiger partial charge is 0.322 e. The Bertz CT molecular complexity index is 1190. The van der Waals surface area contributed by atoms with Crippen LogP contribution < -0.4 is 10.1 Å². The van der Waals surface area contributed by atoms with Crippen molar-refractivity contribution >= 4 is 40.6 Å². The zero-order valence-corrected chi connectivity index (χ0v) is 22.4. The quantitative estimate of drug-likeness (QED) is 0.370. The van der Waals surface area contributed by atoms with Gasteiger partial charge in [0.25, 0.3) is 0 Å². The summed E-state index contributed by atoms with van der Waals surface area (Å²) in [4.78, 5) is 31.5. The minimum Gasteiger partial charge on any atom is -0.491 e. The van der Waals surface area contributed by atoms with Crippen molar-refractivity contribution in [1.82, 2.24) is 9.80 Å². The van der Waals surface area contributed by atoms with Gasteiger partial charge in [0, 0.05) is 28.7 Å². The van der Waals surface area contributed by atoms with Crippen molar-refractivity contribution in [3.63, 3.8) is 0 Å². The third-order valence-corrected chi connectivity index (χ3v) is 7.35. The second-order valence-electron chi connectivity index (χ2n) is 9.49. The van der Waals surface area contributed by atoms with E-state index in [1.54, 1.807) is 40.5 Å². The maximum absolute atomic E-state index is 13.6. The Kier molecular flexibility index (Phi) is 8.54. The molecule has 0 spiro atoms. The summed E-state index contributed by atoms with van der Waals surface area (Å²) >= 11 is 7.79. The SMILES string of the molecule is Cc1ccc(OC[C@@H]2c3ccsc3CCN2C(=O)CN(CC(C)C)C(=O)Nc2cccc(Cl)c2)cc1. The molecule has 0 aliphatic carbocycles. The van der Waals surface area contributed by atoms with Crippen LogP contribution in [-0.2, 0) is 11.2 Å². The van der Waals surface area contributed by atoms with Crippen LogP contribution >= 0.6 is 22.9 Å². The van der Waals surface area contributed by atoms with Gasteiger partial charge in [-0.3, -0.25) is 4.79 Å². The van der Waals surface area contributed by atoms with Gasteiger partial charge >= 0.3 is 6.03 Å². The zero-order chi connectivity index (χ0) is 25.7. The van der Waals surface area contributed by atoms with E-state index in [0.717, 1.165) is 17.7 Å². The van der Waals surface area contributed by atoms with Crippen molar-refractivity contribution in [3.05, 3.63) is 81.0 Å². The van der Waals surface area contributed by atoms with Crippen LogP contribution in [0.2, 0.25) is 5.02 Å². The third kappa shape index (κ3) is 6.59. The van der Waals surface area contributed by atoms with Crippen LogP contribution in [0.4, 0.5) is 10.5 Å². The molecule has 0 saturated heterocycles. The molecule has 4 rings (SSSR count). The number of rotatable bonds is 8. The average molecular weight is 526 g/mol. The van der Waals surface area contributed by atoms with Crippen LogP contribution in [0.1, 0.15) is 35.9 Å². The summed E-state index contributed by atoms with van der Waals surface area (Å²) in [6.07, 6.45) is 0.804. The van der Waals surface area contributed by atoms with Crippen LogP contribution in [0.3, 0.4) is 0 Å². The number of thiophene rings is 1. The van der Waals surface area contributed by atoms with Crippen LogP contribution in [0.25, 0.3) is 0 Å². The van der Waals surface area contributed by atoms with E-state index in [1.807, 2.05) is 49.9 Å². The van der Waals surface area contributed by atoms with Gasteiger partial charge in [0.2, 0.25) is 5.91 Å². The first-order valence-corrected chi connectivity index (χ1v) is 13.4. The molecule has 36 heavy (non-hydrogen) atoms. The lowest BCUT2D eigenvalue weighted by molar-refractivity contribution is -0.135. The van der Waals surface area contributed by atoms with Crippen LogP contribution in [0.15, 0.2) is 60.0 Å². The van der Waals surface area contributed by atoms with Crippen molar-refractivity contribution in [3.8, 4) is 5.75 Å². The number of halogens is 1. The maximum Gasteiger partial charge on any atom is 0.322 e. The first-order chi connectivity index (χ1) is 17.3. The fourth-order valence-electron chi connectivity index (χ4n) is 4.37. The van der Waals surface area contributed by atoms with Gasteiger partial charge < -0.3 is 19.9 Å². The number of anilines is 1. The monoisotopic (exact) mass is 525 g/mol. The normalized spacial score (nSPS) is 14.9. The highest BCUT2D eigenvalue weighted by atomic mass is 35.5. The lowest BCUT2D eigenvalue weighted by atomic mass is 10.0. The van der Waals surface area contributed by atoms with E-state index in [9.17, 15) is 9.59 Å². The van der Waals surface area contributed by atoms with E-state index in [-0.39, 0.29) is 30.4 Å². The number of urea groups is 1. The number of nitrogens with one attached hydrogen (secondary N) is 1. The number of ether oxygens (including phenoxy) is 1. The topological polar surface area (TPSA) is 61.9 Å². The van der Waals surface area contributed by atoms with Gasteiger partial charge in [0.1, 0.15) is 18.9 Å². The molecule has 0 radical (unpaired) electrons. The summed E-state index contributed by atoms with van der Waals surface area (Å²) in [5, 5.41) is 5.49.